The van der Waals surface area contributed by atoms with Gasteiger partial charge in [0.05, 0.1) is 5.56 Å². The van der Waals surface area contributed by atoms with Crippen molar-refractivity contribution >= 4 is 11.9 Å². The van der Waals surface area contributed by atoms with Crippen molar-refractivity contribution in [2.24, 2.45) is 10.7 Å². The van der Waals surface area contributed by atoms with Crippen LogP contribution in [0.4, 0.5) is 18.0 Å². The number of rotatable bonds is 2. The van der Waals surface area contributed by atoms with Gasteiger partial charge < -0.3 is 10.6 Å². The summed E-state index contributed by atoms with van der Waals surface area (Å²) >= 11 is 0. The fourth-order valence-electron chi connectivity index (χ4n) is 2.39. The second-order valence-electron chi connectivity index (χ2n) is 4.98. The number of benzene rings is 1. The minimum atomic E-state index is -4.38. The first-order chi connectivity index (χ1) is 9.38. The first-order valence-corrected chi connectivity index (χ1v) is 6.21. The van der Waals surface area contributed by atoms with Crippen LogP contribution in [0.2, 0.25) is 0 Å². The van der Waals surface area contributed by atoms with Gasteiger partial charge >= 0.3 is 12.2 Å². The van der Waals surface area contributed by atoms with E-state index in [2.05, 4.69) is 4.99 Å². The first-order valence-electron chi connectivity index (χ1n) is 6.21. The van der Waals surface area contributed by atoms with Crippen molar-refractivity contribution in [2.45, 2.75) is 31.1 Å². The van der Waals surface area contributed by atoms with Gasteiger partial charge in [-0.2, -0.15) is 18.2 Å². The van der Waals surface area contributed by atoms with E-state index < -0.39 is 23.8 Å². The molecule has 0 bridgehead atoms. The quantitative estimate of drug-likeness (QED) is 0.907. The summed E-state index contributed by atoms with van der Waals surface area (Å²) in [7, 11) is 0. The number of amides is 2. The third-order valence-corrected chi connectivity index (χ3v) is 3.50. The van der Waals surface area contributed by atoms with E-state index in [1.165, 1.54) is 12.1 Å². The Morgan fingerprint density at radius 1 is 1.20 bits per heavy atom. The van der Waals surface area contributed by atoms with Crippen LogP contribution in [0.1, 0.15) is 30.0 Å². The van der Waals surface area contributed by atoms with Gasteiger partial charge in [0.1, 0.15) is 11.9 Å². The minimum Gasteiger partial charge on any atom is -0.385 e. The molecule has 1 aromatic rings. The summed E-state index contributed by atoms with van der Waals surface area (Å²) in [5.74, 6) is 0.140. The first kappa shape index (κ1) is 13.0. The lowest BCUT2D eigenvalue weighted by Crippen LogP contribution is -2.35. The van der Waals surface area contributed by atoms with Gasteiger partial charge in [-0.3, -0.25) is 0 Å². The molecule has 1 aliphatic carbocycles. The molecular weight excluding hydrogens is 271 g/mol. The number of amidine groups is 1. The average Bonchev–Trinajstić information content (AvgIpc) is 3.14. The number of alkyl halides is 3. The Balaban J connectivity index is 1.91. The fraction of sp³-hybridized carbons (Fsp3) is 0.385. The molecule has 0 radical (unpaired) electrons. The van der Waals surface area contributed by atoms with Crippen LogP contribution >= 0.6 is 0 Å². The van der Waals surface area contributed by atoms with Crippen LogP contribution in [0.5, 0.6) is 0 Å². The zero-order chi connectivity index (χ0) is 14.5. The molecule has 1 unspecified atom stereocenters. The van der Waals surface area contributed by atoms with Gasteiger partial charge in [-0.25, -0.2) is 4.79 Å². The summed E-state index contributed by atoms with van der Waals surface area (Å²) in [6, 6.07) is 3.84. The maximum absolute atomic E-state index is 12.5. The van der Waals surface area contributed by atoms with Crippen LogP contribution in [-0.4, -0.2) is 22.8 Å². The molecule has 1 aliphatic heterocycles. The molecular formula is C13H12F3N3O. The number of nitrogens with zero attached hydrogens (tertiary/aromatic N) is 2. The zero-order valence-corrected chi connectivity index (χ0v) is 10.4. The fourth-order valence-corrected chi connectivity index (χ4v) is 2.39. The topological polar surface area (TPSA) is 58.7 Å². The predicted octanol–water partition coefficient (Wildman–Crippen LogP) is 2.70. The molecule has 1 fully saturated rings. The molecule has 106 valence electrons. The zero-order valence-electron chi connectivity index (χ0n) is 10.4. The Labute approximate surface area is 113 Å². The Morgan fingerprint density at radius 3 is 2.30 bits per heavy atom. The Morgan fingerprint density at radius 2 is 1.80 bits per heavy atom. The van der Waals surface area contributed by atoms with Crippen LogP contribution in [0, 0.1) is 0 Å². The highest BCUT2D eigenvalue weighted by Gasteiger charge is 2.43. The molecule has 2 amide bonds. The minimum absolute atomic E-state index is 0.0968. The van der Waals surface area contributed by atoms with Crippen LogP contribution in [0.3, 0.4) is 0 Å². The predicted molar refractivity (Wildman–Crippen MR) is 66.1 cm³/mol. The molecule has 20 heavy (non-hydrogen) atoms. The maximum atomic E-state index is 12.5. The van der Waals surface area contributed by atoms with Crippen molar-refractivity contribution in [3.8, 4) is 0 Å². The van der Waals surface area contributed by atoms with E-state index in [9.17, 15) is 18.0 Å². The van der Waals surface area contributed by atoms with E-state index in [4.69, 9.17) is 5.73 Å². The highest BCUT2D eigenvalue weighted by molar-refractivity contribution is 6.03. The Hall–Kier alpha value is -2.05. The smallest absolute Gasteiger partial charge is 0.385 e. The van der Waals surface area contributed by atoms with Crippen molar-refractivity contribution in [1.29, 1.82) is 0 Å². The number of hydrogen-bond donors (Lipinski definition) is 1. The summed E-state index contributed by atoms with van der Waals surface area (Å²) < 4.78 is 37.6. The number of carbonyl (C=O) groups is 1. The van der Waals surface area contributed by atoms with E-state index in [-0.39, 0.29) is 11.9 Å². The van der Waals surface area contributed by atoms with Gasteiger partial charge in [-0.15, -0.1) is 0 Å². The van der Waals surface area contributed by atoms with Gasteiger partial charge in [0, 0.05) is 6.04 Å². The van der Waals surface area contributed by atoms with Crippen molar-refractivity contribution < 1.29 is 18.0 Å². The highest BCUT2D eigenvalue weighted by Crippen LogP contribution is 2.38. The number of carbonyl (C=O) groups excluding carboxylic acids is 1. The maximum Gasteiger partial charge on any atom is 0.416 e. The number of urea groups is 1. The summed E-state index contributed by atoms with van der Waals surface area (Å²) in [5, 5.41) is 0. The molecule has 0 spiro atoms. The van der Waals surface area contributed by atoms with Crippen molar-refractivity contribution in [3.63, 3.8) is 0 Å². The highest BCUT2D eigenvalue weighted by atomic mass is 19.4. The van der Waals surface area contributed by atoms with Crippen LogP contribution in [0.15, 0.2) is 29.3 Å². The standard InChI is InChI=1S/C13H12F3N3O/c14-13(15,16)8-3-1-7(2-4-8)10-11(17)18-12(20)19(10)9-5-6-9/h1-4,9-10H,5-6H2,(H2,17,18,20). The summed E-state index contributed by atoms with van der Waals surface area (Å²) in [4.78, 5) is 17.0. The normalized spacial score (nSPS) is 23.1. The molecule has 2 N–H and O–H groups in total. The molecule has 3 rings (SSSR count). The third-order valence-electron chi connectivity index (χ3n) is 3.50. The number of aliphatic imine (C=N–C) groups is 1. The van der Waals surface area contributed by atoms with E-state index >= 15 is 0 Å². The second-order valence-corrected chi connectivity index (χ2v) is 4.98. The van der Waals surface area contributed by atoms with E-state index in [0.29, 0.717) is 5.56 Å². The van der Waals surface area contributed by atoms with E-state index in [1.54, 1.807) is 4.90 Å². The van der Waals surface area contributed by atoms with Crippen LogP contribution in [0.25, 0.3) is 0 Å². The van der Waals surface area contributed by atoms with Gasteiger partial charge in [-0.1, -0.05) is 12.1 Å². The van der Waals surface area contributed by atoms with Crippen molar-refractivity contribution in [1.82, 2.24) is 4.90 Å². The molecule has 1 saturated carbocycles. The molecule has 1 atom stereocenters. The monoisotopic (exact) mass is 283 g/mol. The number of halogens is 3. The lowest BCUT2D eigenvalue weighted by molar-refractivity contribution is -0.137. The molecule has 7 heteroatoms. The molecule has 4 nitrogen and oxygen atoms in total. The average molecular weight is 283 g/mol. The van der Waals surface area contributed by atoms with Gasteiger partial charge in [0.25, 0.3) is 0 Å². The van der Waals surface area contributed by atoms with E-state index in [1.807, 2.05) is 0 Å². The number of nitrogens with two attached hydrogens (primary N) is 1. The summed E-state index contributed by atoms with van der Waals surface area (Å²) in [5.41, 5.74) is 5.58. The third kappa shape index (κ3) is 2.13. The van der Waals surface area contributed by atoms with Gasteiger partial charge in [0.2, 0.25) is 0 Å². The van der Waals surface area contributed by atoms with Gasteiger partial charge in [0.15, 0.2) is 0 Å². The molecule has 0 saturated heterocycles. The number of hydrogen-bond acceptors (Lipinski definition) is 2. The lowest BCUT2D eigenvalue weighted by atomic mass is 10.0. The van der Waals surface area contributed by atoms with Crippen molar-refractivity contribution in [2.75, 3.05) is 0 Å². The van der Waals surface area contributed by atoms with Gasteiger partial charge in [-0.05, 0) is 30.5 Å². The van der Waals surface area contributed by atoms with Crippen molar-refractivity contribution in [3.05, 3.63) is 35.4 Å². The molecule has 1 heterocycles. The Kier molecular flexibility index (Phi) is 2.74. The lowest BCUT2D eigenvalue weighted by Gasteiger charge is -2.24. The SMILES string of the molecule is NC1=NC(=O)N(C2CC2)C1c1ccc(C(F)(F)F)cc1. The second kappa shape index (κ2) is 4.22. The summed E-state index contributed by atoms with van der Waals surface area (Å²) in [6.07, 6.45) is -2.61. The van der Waals surface area contributed by atoms with E-state index in [0.717, 1.165) is 25.0 Å². The molecule has 1 aromatic carbocycles. The molecule has 0 aromatic heterocycles. The largest absolute Gasteiger partial charge is 0.416 e. The molecule has 2 aliphatic rings. The van der Waals surface area contributed by atoms with Crippen LogP contribution < -0.4 is 5.73 Å². The van der Waals surface area contributed by atoms with Crippen LogP contribution in [-0.2, 0) is 6.18 Å². The Bertz CT molecular complexity index is 576. The summed E-state index contributed by atoms with van der Waals surface area (Å²) in [6.45, 7) is 0.